The lowest BCUT2D eigenvalue weighted by atomic mass is 9.83. The fourth-order valence-electron chi connectivity index (χ4n) is 2.55. The lowest BCUT2D eigenvalue weighted by Crippen LogP contribution is -2.22. The molecule has 2 rings (SSSR count). The Labute approximate surface area is 79.9 Å². The Bertz CT molecular complexity index is 155. The highest BCUT2D eigenvalue weighted by molar-refractivity contribution is 5.85. The highest BCUT2D eigenvalue weighted by Gasteiger charge is 2.53. The molecule has 1 atom stereocenters. The number of aliphatic hydroxyl groups is 1. The van der Waals surface area contributed by atoms with E-state index < -0.39 is 0 Å². The van der Waals surface area contributed by atoms with E-state index in [-0.39, 0.29) is 18.5 Å². The van der Waals surface area contributed by atoms with E-state index in [0.717, 1.165) is 25.3 Å². The Balaban J connectivity index is 0.000000720. The van der Waals surface area contributed by atoms with Crippen LogP contribution < -0.4 is 5.73 Å². The summed E-state index contributed by atoms with van der Waals surface area (Å²) in [5.41, 5.74) is 6.20. The highest BCUT2D eigenvalue weighted by Crippen LogP contribution is 2.60. The van der Waals surface area contributed by atoms with Gasteiger partial charge in [-0.2, -0.15) is 0 Å². The zero-order valence-corrected chi connectivity index (χ0v) is 8.15. The largest absolute Gasteiger partial charge is 0.393 e. The molecule has 0 aromatic rings. The second kappa shape index (κ2) is 3.52. The summed E-state index contributed by atoms with van der Waals surface area (Å²) in [6.07, 6.45) is 5.77. The van der Waals surface area contributed by atoms with E-state index in [1.54, 1.807) is 0 Å². The minimum atomic E-state index is -0.0142. The van der Waals surface area contributed by atoms with Crippen LogP contribution in [0.25, 0.3) is 0 Å². The van der Waals surface area contributed by atoms with Crippen molar-refractivity contribution in [3.05, 3.63) is 0 Å². The van der Waals surface area contributed by atoms with Gasteiger partial charge in [0.05, 0.1) is 6.10 Å². The number of aliphatic hydroxyl groups excluding tert-OH is 1. The van der Waals surface area contributed by atoms with Crippen LogP contribution in [0.4, 0.5) is 0 Å². The molecule has 3 N–H and O–H groups in total. The molecule has 2 nitrogen and oxygen atoms in total. The summed E-state index contributed by atoms with van der Waals surface area (Å²) in [6.45, 7) is 0.857. The molecule has 2 fully saturated rings. The van der Waals surface area contributed by atoms with Crippen molar-refractivity contribution in [1.29, 1.82) is 0 Å². The van der Waals surface area contributed by atoms with Gasteiger partial charge in [0.1, 0.15) is 0 Å². The van der Waals surface area contributed by atoms with Crippen LogP contribution in [0.15, 0.2) is 0 Å². The van der Waals surface area contributed by atoms with Gasteiger partial charge < -0.3 is 10.8 Å². The van der Waals surface area contributed by atoms with Crippen LogP contribution in [0.2, 0.25) is 0 Å². The molecular formula is C9H18ClNO. The van der Waals surface area contributed by atoms with Gasteiger partial charge in [-0.15, -0.1) is 12.4 Å². The molecule has 2 saturated carbocycles. The standard InChI is InChI=1S/C9H17NO.ClH/c10-6-7-5-9(7)3-1-8(11)2-4-9;/h7-8,11H,1-6,10H2;1H. The maximum absolute atomic E-state index is 9.30. The summed E-state index contributed by atoms with van der Waals surface area (Å²) in [7, 11) is 0. The molecule has 2 aliphatic rings. The molecule has 3 heteroatoms. The summed E-state index contributed by atoms with van der Waals surface area (Å²) in [5, 5.41) is 9.30. The number of nitrogens with two attached hydrogens (primary N) is 1. The minimum Gasteiger partial charge on any atom is -0.393 e. The molecule has 0 bridgehead atoms. The summed E-state index contributed by atoms with van der Waals surface area (Å²) in [6, 6.07) is 0. The molecule has 0 radical (unpaired) electrons. The number of hydrogen-bond acceptors (Lipinski definition) is 2. The third-order valence-electron chi connectivity index (χ3n) is 3.59. The molecule has 0 aromatic heterocycles. The topological polar surface area (TPSA) is 46.2 Å². The molecule has 1 spiro atoms. The highest BCUT2D eigenvalue weighted by atomic mass is 35.5. The molecule has 0 amide bonds. The van der Waals surface area contributed by atoms with Crippen LogP contribution in [0.5, 0.6) is 0 Å². The van der Waals surface area contributed by atoms with Crippen LogP contribution in [0, 0.1) is 11.3 Å². The molecule has 2 aliphatic carbocycles. The molecule has 1 unspecified atom stereocenters. The van der Waals surface area contributed by atoms with Gasteiger partial charge in [0.2, 0.25) is 0 Å². The van der Waals surface area contributed by atoms with Crippen molar-refractivity contribution in [3.8, 4) is 0 Å². The number of rotatable bonds is 1. The third-order valence-corrected chi connectivity index (χ3v) is 3.59. The molecule has 0 heterocycles. The summed E-state index contributed by atoms with van der Waals surface area (Å²) in [4.78, 5) is 0. The fourth-order valence-corrected chi connectivity index (χ4v) is 2.55. The number of hydrogen-bond donors (Lipinski definition) is 2. The van der Waals surface area contributed by atoms with E-state index in [0.29, 0.717) is 5.41 Å². The summed E-state index contributed by atoms with van der Waals surface area (Å²) in [5.74, 6) is 0.787. The average molecular weight is 192 g/mol. The molecule has 0 aliphatic heterocycles. The van der Waals surface area contributed by atoms with Crippen LogP contribution in [-0.4, -0.2) is 17.8 Å². The second-order valence-corrected chi connectivity index (χ2v) is 4.23. The number of halogens is 1. The van der Waals surface area contributed by atoms with Crippen molar-refractivity contribution >= 4 is 12.4 Å². The molecule has 0 saturated heterocycles. The molecule has 72 valence electrons. The van der Waals surface area contributed by atoms with Gasteiger partial charge in [-0.25, -0.2) is 0 Å². The van der Waals surface area contributed by atoms with Gasteiger partial charge >= 0.3 is 0 Å². The first-order valence-electron chi connectivity index (χ1n) is 4.65. The molecular weight excluding hydrogens is 174 g/mol. The van der Waals surface area contributed by atoms with Crippen molar-refractivity contribution in [1.82, 2.24) is 0 Å². The maximum atomic E-state index is 9.30. The first-order chi connectivity index (χ1) is 5.27. The van der Waals surface area contributed by atoms with Gasteiger partial charge in [0.25, 0.3) is 0 Å². The van der Waals surface area contributed by atoms with Gasteiger partial charge in [0, 0.05) is 0 Å². The molecule has 0 aromatic carbocycles. The Hall–Kier alpha value is 0.210. The van der Waals surface area contributed by atoms with E-state index >= 15 is 0 Å². The van der Waals surface area contributed by atoms with E-state index in [2.05, 4.69) is 0 Å². The normalized spacial score (nSPS) is 45.5. The Morgan fingerprint density at radius 3 is 2.33 bits per heavy atom. The predicted octanol–water partition coefficient (Wildman–Crippen LogP) is 1.31. The quantitative estimate of drug-likeness (QED) is 0.657. The van der Waals surface area contributed by atoms with Gasteiger partial charge in [0.15, 0.2) is 0 Å². The summed E-state index contributed by atoms with van der Waals surface area (Å²) >= 11 is 0. The van der Waals surface area contributed by atoms with E-state index in [1.165, 1.54) is 19.3 Å². The third kappa shape index (κ3) is 1.61. The van der Waals surface area contributed by atoms with Crippen molar-refractivity contribution < 1.29 is 5.11 Å². The zero-order chi connectivity index (χ0) is 7.90. The Kier molecular flexibility index (Phi) is 3.02. The zero-order valence-electron chi connectivity index (χ0n) is 7.33. The van der Waals surface area contributed by atoms with Crippen LogP contribution in [0.3, 0.4) is 0 Å². The fraction of sp³-hybridized carbons (Fsp3) is 1.00. The monoisotopic (exact) mass is 191 g/mol. The van der Waals surface area contributed by atoms with E-state index in [1.807, 2.05) is 0 Å². The first kappa shape index (κ1) is 10.3. The van der Waals surface area contributed by atoms with E-state index in [4.69, 9.17) is 5.73 Å². The van der Waals surface area contributed by atoms with E-state index in [9.17, 15) is 5.11 Å². The van der Waals surface area contributed by atoms with Crippen molar-refractivity contribution in [2.75, 3.05) is 6.54 Å². The lowest BCUT2D eigenvalue weighted by Gasteiger charge is -2.26. The van der Waals surface area contributed by atoms with Crippen molar-refractivity contribution in [3.63, 3.8) is 0 Å². The average Bonchev–Trinajstić information content (AvgIpc) is 2.71. The molecule has 12 heavy (non-hydrogen) atoms. The van der Waals surface area contributed by atoms with Gasteiger partial charge in [-0.3, -0.25) is 0 Å². The predicted molar refractivity (Wildman–Crippen MR) is 51.3 cm³/mol. The van der Waals surface area contributed by atoms with Crippen molar-refractivity contribution in [2.24, 2.45) is 17.1 Å². The van der Waals surface area contributed by atoms with Crippen molar-refractivity contribution in [2.45, 2.75) is 38.2 Å². The van der Waals surface area contributed by atoms with Crippen LogP contribution in [0.1, 0.15) is 32.1 Å². The van der Waals surface area contributed by atoms with Crippen LogP contribution in [-0.2, 0) is 0 Å². The Morgan fingerprint density at radius 2 is 1.92 bits per heavy atom. The van der Waals surface area contributed by atoms with Gasteiger partial charge in [-0.1, -0.05) is 0 Å². The summed E-state index contributed by atoms with van der Waals surface area (Å²) < 4.78 is 0. The minimum absolute atomic E-state index is 0. The SMILES string of the molecule is Cl.NCC1CC12CCC(O)CC2. The van der Waals surface area contributed by atoms with Crippen LogP contribution >= 0.6 is 12.4 Å². The first-order valence-corrected chi connectivity index (χ1v) is 4.65. The second-order valence-electron chi connectivity index (χ2n) is 4.23. The smallest absolute Gasteiger partial charge is 0.0540 e. The maximum Gasteiger partial charge on any atom is 0.0540 e. The lowest BCUT2D eigenvalue weighted by molar-refractivity contribution is 0.0974. The van der Waals surface area contributed by atoms with Gasteiger partial charge in [-0.05, 0) is 50.0 Å². The Morgan fingerprint density at radius 1 is 1.33 bits per heavy atom.